The number of rotatable bonds is 7. The molecule has 0 radical (unpaired) electrons. The van der Waals surface area contributed by atoms with Crippen LogP contribution in [0.25, 0.3) is 17.1 Å². The van der Waals surface area contributed by atoms with Crippen LogP contribution in [0.3, 0.4) is 0 Å². The van der Waals surface area contributed by atoms with E-state index in [4.69, 9.17) is 11.6 Å². The predicted octanol–water partition coefficient (Wildman–Crippen LogP) is 5.37. The molecule has 0 bridgehead atoms. The van der Waals surface area contributed by atoms with Gasteiger partial charge in [-0.3, -0.25) is 19.5 Å². The van der Waals surface area contributed by atoms with E-state index in [1.807, 2.05) is 0 Å². The molecule has 0 saturated heterocycles. The maximum atomic E-state index is 14.7. The Morgan fingerprint density at radius 1 is 1.06 bits per heavy atom. The highest BCUT2D eigenvalue weighted by Crippen LogP contribution is 2.33. The summed E-state index contributed by atoms with van der Waals surface area (Å²) in [5.41, 5.74) is 0.608. The predicted molar refractivity (Wildman–Crippen MR) is 124 cm³/mol. The Morgan fingerprint density at radius 2 is 1.76 bits per heavy atom. The number of nitrogens with zero attached hydrogens (tertiary/aromatic N) is 4. The quantitative estimate of drug-likeness (QED) is 0.215. The summed E-state index contributed by atoms with van der Waals surface area (Å²) in [4.78, 5) is 23.1. The minimum absolute atomic E-state index is 0.0837. The number of benzene rings is 3. The minimum Gasteiger partial charge on any atom is -0.320 e. The third-order valence-electron chi connectivity index (χ3n) is 4.55. The Labute approximate surface area is 196 Å². The van der Waals surface area contributed by atoms with Gasteiger partial charge < -0.3 is 5.32 Å². The van der Waals surface area contributed by atoms with Crippen molar-refractivity contribution in [1.29, 1.82) is 0 Å². The molecule has 1 amide bonds. The second kappa shape index (κ2) is 9.80. The van der Waals surface area contributed by atoms with Crippen LogP contribution in [0.15, 0.2) is 78.0 Å². The van der Waals surface area contributed by atoms with Gasteiger partial charge in [0, 0.05) is 11.6 Å². The molecule has 166 valence electrons. The Bertz CT molecular complexity index is 1350. The molecule has 0 fully saturated rings. The van der Waals surface area contributed by atoms with Crippen molar-refractivity contribution >= 4 is 40.6 Å². The summed E-state index contributed by atoms with van der Waals surface area (Å²) >= 11 is 7.34. The van der Waals surface area contributed by atoms with Gasteiger partial charge in [0.25, 0.3) is 5.69 Å². The second-order valence-corrected chi connectivity index (χ2v) is 8.03. The van der Waals surface area contributed by atoms with Crippen LogP contribution in [0.4, 0.5) is 15.8 Å². The molecule has 0 aliphatic heterocycles. The maximum absolute atomic E-state index is 14.7. The van der Waals surface area contributed by atoms with Crippen LogP contribution >= 0.6 is 23.4 Å². The van der Waals surface area contributed by atoms with Crippen LogP contribution in [0.2, 0.25) is 5.02 Å². The van der Waals surface area contributed by atoms with Crippen LogP contribution in [-0.2, 0) is 4.79 Å². The first-order valence-electron chi connectivity index (χ1n) is 9.57. The van der Waals surface area contributed by atoms with Crippen molar-refractivity contribution in [2.45, 2.75) is 5.16 Å². The largest absolute Gasteiger partial charge is 0.320 e. The lowest BCUT2D eigenvalue weighted by atomic mass is 10.2. The Balaban J connectivity index is 1.64. The van der Waals surface area contributed by atoms with E-state index in [9.17, 15) is 19.3 Å². The lowest BCUT2D eigenvalue weighted by molar-refractivity contribution is -0.383. The molecule has 0 unspecified atom stereocenters. The summed E-state index contributed by atoms with van der Waals surface area (Å²) in [6, 6.07) is 18.9. The number of nitro groups is 1. The van der Waals surface area contributed by atoms with E-state index in [2.05, 4.69) is 15.5 Å². The molecule has 4 rings (SSSR count). The summed E-state index contributed by atoms with van der Waals surface area (Å²) in [5.74, 6) is -0.818. The van der Waals surface area contributed by atoms with Crippen LogP contribution in [0.1, 0.15) is 0 Å². The molecule has 1 N–H and O–H groups in total. The number of nitro benzene ring substituents is 1. The fourth-order valence-electron chi connectivity index (χ4n) is 3.09. The number of para-hydroxylation sites is 3. The van der Waals surface area contributed by atoms with Gasteiger partial charge in [0.1, 0.15) is 11.5 Å². The zero-order chi connectivity index (χ0) is 23.4. The van der Waals surface area contributed by atoms with E-state index < -0.39 is 16.6 Å². The molecule has 0 aliphatic rings. The minimum atomic E-state index is -0.576. The molecule has 33 heavy (non-hydrogen) atoms. The van der Waals surface area contributed by atoms with Gasteiger partial charge in [-0.25, -0.2) is 4.39 Å². The monoisotopic (exact) mass is 483 g/mol. The number of aromatic nitrogens is 3. The topological polar surface area (TPSA) is 103 Å². The Morgan fingerprint density at radius 3 is 2.52 bits per heavy atom. The normalized spacial score (nSPS) is 10.7. The number of thioether (sulfide) groups is 1. The van der Waals surface area contributed by atoms with Gasteiger partial charge in [0.05, 0.1) is 21.4 Å². The molecule has 4 aromatic rings. The Kier molecular flexibility index (Phi) is 6.66. The van der Waals surface area contributed by atoms with Crippen molar-refractivity contribution in [3.63, 3.8) is 0 Å². The fourth-order valence-corrected chi connectivity index (χ4v) is 4.05. The van der Waals surface area contributed by atoms with E-state index in [0.29, 0.717) is 16.4 Å². The van der Waals surface area contributed by atoms with Crippen LogP contribution in [-0.4, -0.2) is 31.3 Å². The van der Waals surface area contributed by atoms with E-state index >= 15 is 0 Å². The highest BCUT2D eigenvalue weighted by Gasteiger charge is 2.21. The van der Waals surface area contributed by atoms with Crippen molar-refractivity contribution in [3.8, 4) is 17.1 Å². The maximum Gasteiger partial charge on any atom is 0.292 e. The number of anilines is 1. The Hall–Kier alpha value is -3.76. The van der Waals surface area contributed by atoms with Crippen LogP contribution in [0.5, 0.6) is 0 Å². The molecule has 1 heterocycles. The van der Waals surface area contributed by atoms with Gasteiger partial charge in [-0.05, 0) is 30.3 Å². The summed E-state index contributed by atoms with van der Waals surface area (Å²) in [6.45, 7) is 0. The number of carbonyl (C=O) groups is 1. The highest BCUT2D eigenvalue weighted by atomic mass is 35.5. The number of hydrogen-bond acceptors (Lipinski definition) is 6. The van der Waals surface area contributed by atoms with Crippen molar-refractivity contribution in [2.24, 2.45) is 0 Å². The van der Waals surface area contributed by atoms with E-state index in [-0.39, 0.29) is 28.0 Å². The number of nitrogens with one attached hydrogen (secondary N) is 1. The third kappa shape index (κ3) is 4.86. The highest BCUT2D eigenvalue weighted by molar-refractivity contribution is 7.99. The molecule has 0 saturated carbocycles. The van der Waals surface area contributed by atoms with Gasteiger partial charge in [0.2, 0.25) is 5.91 Å². The summed E-state index contributed by atoms with van der Waals surface area (Å²) < 4.78 is 16.2. The van der Waals surface area contributed by atoms with Gasteiger partial charge in [0.15, 0.2) is 11.0 Å². The molecule has 11 heteroatoms. The first-order valence-corrected chi connectivity index (χ1v) is 10.9. The molecule has 0 atom stereocenters. The van der Waals surface area contributed by atoms with Crippen LogP contribution < -0.4 is 5.32 Å². The molecule has 1 aromatic heterocycles. The van der Waals surface area contributed by atoms with Crippen molar-refractivity contribution in [1.82, 2.24) is 14.8 Å². The lowest BCUT2D eigenvalue weighted by Gasteiger charge is -2.12. The summed E-state index contributed by atoms with van der Waals surface area (Å²) in [7, 11) is 0. The number of halogens is 2. The summed E-state index contributed by atoms with van der Waals surface area (Å²) in [6.07, 6.45) is 0. The van der Waals surface area contributed by atoms with Crippen LogP contribution in [0, 0.1) is 15.9 Å². The number of amides is 1. The van der Waals surface area contributed by atoms with Gasteiger partial charge in [-0.1, -0.05) is 59.8 Å². The zero-order valence-corrected chi connectivity index (χ0v) is 18.4. The van der Waals surface area contributed by atoms with Gasteiger partial charge >= 0.3 is 0 Å². The SMILES string of the molecule is O=C(CSc1nnc(-c2ccccc2Cl)n1-c1ccccc1F)Nc1ccccc1[N+](=O)[O-]. The van der Waals surface area contributed by atoms with Gasteiger partial charge in [-0.15, -0.1) is 10.2 Å². The van der Waals surface area contributed by atoms with E-state index in [1.165, 1.54) is 28.8 Å². The molecular formula is C22H15ClFN5O3S. The first-order chi connectivity index (χ1) is 16.0. The van der Waals surface area contributed by atoms with Crippen molar-refractivity contribution < 1.29 is 14.1 Å². The molecule has 8 nitrogen and oxygen atoms in total. The fraction of sp³-hybridized carbons (Fsp3) is 0.0455. The van der Waals surface area contributed by atoms with E-state index in [0.717, 1.165) is 11.8 Å². The number of carbonyl (C=O) groups excluding carboxylic acids is 1. The van der Waals surface area contributed by atoms with Crippen molar-refractivity contribution in [3.05, 3.63) is 93.8 Å². The second-order valence-electron chi connectivity index (χ2n) is 6.68. The standard InChI is InChI=1S/C22H15ClFN5O3S/c23-15-8-2-1-7-14(15)21-26-27-22(28(21)18-11-5-3-9-16(18)24)33-13-20(30)25-17-10-4-6-12-19(17)29(31)32/h1-12H,13H2,(H,25,30). The average Bonchev–Trinajstić information content (AvgIpc) is 3.22. The van der Waals surface area contributed by atoms with Gasteiger partial charge in [-0.2, -0.15) is 0 Å². The molecule has 3 aromatic carbocycles. The number of hydrogen-bond donors (Lipinski definition) is 1. The molecular weight excluding hydrogens is 469 g/mol. The average molecular weight is 484 g/mol. The first kappa shape index (κ1) is 22.4. The third-order valence-corrected chi connectivity index (χ3v) is 5.81. The molecule has 0 spiro atoms. The lowest BCUT2D eigenvalue weighted by Crippen LogP contribution is -2.15. The zero-order valence-electron chi connectivity index (χ0n) is 16.8. The smallest absolute Gasteiger partial charge is 0.292 e. The molecule has 0 aliphatic carbocycles. The van der Waals surface area contributed by atoms with Crippen molar-refractivity contribution in [2.75, 3.05) is 11.1 Å². The van der Waals surface area contributed by atoms with E-state index in [1.54, 1.807) is 48.5 Å². The summed E-state index contributed by atoms with van der Waals surface area (Å²) in [5, 5.41) is 22.7.